The van der Waals surface area contributed by atoms with Gasteiger partial charge < -0.3 is 10.6 Å². The molecular weight excluding hydrogens is 427 g/mol. The van der Waals surface area contributed by atoms with Crippen LogP contribution in [-0.2, 0) is 15.8 Å². The Morgan fingerprint density at radius 3 is 2.37 bits per heavy atom. The van der Waals surface area contributed by atoms with Crippen LogP contribution in [0, 0.1) is 0 Å². The Morgan fingerprint density at radius 1 is 1.17 bits per heavy atom. The maximum absolute atomic E-state index is 12.9. The molecule has 0 aromatic heterocycles. The largest absolute Gasteiger partial charge is 0.417 e. The number of rotatable bonds is 5. The number of urea groups is 1. The summed E-state index contributed by atoms with van der Waals surface area (Å²) < 4.78 is 38.8. The quantitative estimate of drug-likeness (QED) is 0.637. The van der Waals surface area contributed by atoms with Crippen LogP contribution in [0.5, 0.6) is 0 Å². The van der Waals surface area contributed by atoms with Crippen molar-refractivity contribution in [3.63, 3.8) is 0 Å². The zero-order valence-electron chi connectivity index (χ0n) is 16.5. The van der Waals surface area contributed by atoms with E-state index in [0.717, 1.165) is 12.1 Å². The highest BCUT2D eigenvalue weighted by Crippen LogP contribution is 2.36. The first-order valence-electron chi connectivity index (χ1n) is 9.17. The monoisotopic (exact) mass is 449 g/mol. The lowest BCUT2D eigenvalue weighted by atomic mass is 10.2. The first-order chi connectivity index (χ1) is 14.0. The van der Waals surface area contributed by atoms with Gasteiger partial charge in [-0.3, -0.25) is 24.7 Å². The van der Waals surface area contributed by atoms with Gasteiger partial charge in [-0.05, 0) is 25.1 Å². The summed E-state index contributed by atoms with van der Waals surface area (Å²) >= 11 is 5.57. The lowest BCUT2D eigenvalue weighted by molar-refractivity contribution is -0.137. The lowest BCUT2D eigenvalue weighted by Gasteiger charge is -2.36. The molecule has 1 fully saturated rings. The molecule has 0 bridgehead atoms. The van der Waals surface area contributed by atoms with Gasteiger partial charge in [0.15, 0.2) is 0 Å². The van der Waals surface area contributed by atoms with Crippen molar-refractivity contribution in [3.8, 4) is 0 Å². The molecule has 1 aromatic carbocycles. The van der Waals surface area contributed by atoms with Gasteiger partial charge >= 0.3 is 12.2 Å². The van der Waals surface area contributed by atoms with E-state index in [1.807, 2.05) is 9.80 Å². The van der Waals surface area contributed by atoms with Gasteiger partial charge in [-0.15, -0.1) is 0 Å². The molecule has 1 aliphatic rings. The van der Waals surface area contributed by atoms with Gasteiger partial charge in [0.05, 0.1) is 23.2 Å². The fraction of sp³-hybridized carbons (Fsp3) is 0.500. The molecule has 1 heterocycles. The number of carbonyl (C=O) groups is 3. The maximum atomic E-state index is 12.9. The van der Waals surface area contributed by atoms with Crippen LogP contribution in [0.1, 0.15) is 12.5 Å². The number of alkyl halides is 3. The van der Waals surface area contributed by atoms with E-state index >= 15 is 0 Å². The number of imide groups is 1. The van der Waals surface area contributed by atoms with Gasteiger partial charge in [-0.25, -0.2) is 4.79 Å². The number of nitrogens with zero attached hydrogens (tertiary/aromatic N) is 2. The minimum absolute atomic E-state index is 0.00334. The third-order valence-corrected chi connectivity index (χ3v) is 5.05. The normalized spacial score (nSPS) is 16.6. The van der Waals surface area contributed by atoms with Crippen molar-refractivity contribution in [1.29, 1.82) is 0 Å². The molecule has 1 saturated heterocycles. The minimum Gasteiger partial charge on any atom is -0.341 e. The van der Waals surface area contributed by atoms with Crippen LogP contribution in [0.15, 0.2) is 18.2 Å². The molecule has 1 atom stereocenters. The third-order valence-electron chi connectivity index (χ3n) is 4.72. The number of piperazine rings is 1. The summed E-state index contributed by atoms with van der Waals surface area (Å²) in [6.07, 6.45) is -4.62. The first-order valence-corrected chi connectivity index (χ1v) is 9.54. The standard InChI is InChI=1S/C18H23ClF3N5O3/c1-11(16(29)25-17(30)23-2)27-7-5-26(6-8-27)10-15(28)24-12-3-4-14(19)13(9-12)18(20,21)22/h3-4,9,11H,5-8,10H2,1-2H3,(H,24,28)(H2,23,25,29,30). The number of hydrogen-bond donors (Lipinski definition) is 3. The Labute approximate surface area is 176 Å². The number of nitrogens with one attached hydrogen (secondary N) is 3. The number of halogens is 4. The van der Waals surface area contributed by atoms with Gasteiger partial charge in [0, 0.05) is 38.9 Å². The summed E-state index contributed by atoms with van der Waals surface area (Å²) in [5.41, 5.74) is -1.01. The molecule has 3 N–H and O–H groups in total. The molecule has 8 nitrogen and oxygen atoms in total. The fourth-order valence-corrected chi connectivity index (χ4v) is 3.20. The minimum atomic E-state index is -4.62. The van der Waals surface area contributed by atoms with E-state index in [0.29, 0.717) is 26.2 Å². The van der Waals surface area contributed by atoms with Gasteiger partial charge in [0.2, 0.25) is 11.8 Å². The number of anilines is 1. The van der Waals surface area contributed by atoms with Crippen molar-refractivity contribution in [2.45, 2.75) is 19.1 Å². The molecule has 2 rings (SSSR count). The second-order valence-electron chi connectivity index (χ2n) is 6.80. The molecule has 12 heteroatoms. The van der Waals surface area contributed by atoms with Crippen molar-refractivity contribution >= 4 is 35.1 Å². The van der Waals surface area contributed by atoms with Gasteiger partial charge in [0.1, 0.15) is 0 Å². The van der Waals surface area contributed by atoms with Gasteiger partial charge in [-0.1, -0.05) is 11.6 Å². The molecule has 0 saturated carbocycles. The van der Waals surface area contributed by atoms with E-state index in [1.165, 1.54) is 13.1 Å². The smallest absolute Gasteiger partial charge is 0.341 e. The Bertz CT molecular complexity index is 798. The predicted octanol–water partition coefficient (Wildman–Crippen LogP) is 1.76. The predicted molar refractivity (Wildman–Crippen MR) is 105 cm³/mol. The molecule has 0 radical (unpaired) electrons. The highest BCUT2D eigenvalue weighted by atomic mass is 35.5. The Hall–Kier alpha value is -2.37. The van der Waals surface area contributed by atoms with E-state index in [2.05, 4.69) is 16.0 Å². The fourth-order valence-electron chi connectivity index (χ4n) is 2.98. The molecule has 30 heavy (non-hydrogen) atoms. The Morgan fingerprint density at radius 2 is 1.80 bits per heavy atom. The second kappa shape index (κ2) is 10.1. The van der Waals surface area contributed by atoms with Crippen LogP contribution in [0.3, 0.4) is 0 Å². The molecule has 166 valence electrons. The number of hydrogen-bond acceptors (Lipinski definition) is 5. The summed E-state index contributed by atoms with van der Waals surface area (Å²) in [5.74, 6) is -0.881. The summed E-state index contributed by atoms with van der Waals surface area (Å²) in [4.78, 5) is 39.2. The van der Waals surface area contributed by atoms with Crippen molar-refractivity contribution in [3.05, 3.63) is 28.8 Å². The zero-order chi connectivity index (χ0) is 22.5. The summed E-state index contributed by atoms with van der Waals surface area (Å²) in [7, 11) is 1.41. The van der Waals surface area contributed by atoms with Crippen molar-refractivity contribution in [1.82, 2.24) is 20.4 Å². The lowest BCUT2D eigenvalue weighted by Crippen LogP contribution is -2.56. The van der Waals surface area contributed by atoms with Crippen LogP contribution < -0.4 is 16.0 Å². The summed E-state index contributed by atoms with van der Waals surface area (Å²) in [5, 5.41) is 6.53. The first kappa shape index (κ1) is 23.9. The Balaban J connectivity index is 1.85. The van der Waals surface area contributed by atoms with E-state index in [-0.39, 0.29) is 12.2 Å². The van der Waals surface area contributed by atoms with Crippen LogP contribution in [0.2, 0.25) is 5.02 Å². The average Bonchev–Trinajstić information content (AvgIpc) is 2.68. The molecule has 1 aromatic rings. The van der Waals surface area contributed by atoms with Crippen LogP contribution in [0.25, 0.3) is 0 Å². The van der Waals surface area contributed by atoms with E-state index < -0.39 is 40.6 Å². The van der Waals surface area contributed by atoms with Crippen molar-refractivity contribution < 1.29 is 27.6 Å². The molecular formula is C18H23ClF3N5O3. The molecule has 4 amide bonds. The zero-order valence-corrected chi connectivity index (χ0v) is 17.2. The van der Waals surface area contributed by atoms with Crippen LogP contribution in [-0.4, -0.2) is 73.5 Å². The highest BCUT2D eigenvalue weighted by molar-refractivity contribution is 6.31. The van der Waals surface area contributed by atoms with E-state index in [1.54, 1.807) is 6.92 Å². The highest BCUT2D eigenvalue weighted by Gasteiger charge is 2.33. The van der Waals surface area contributed by atoms with Crippen LogP contribution >= 0.6 is 11.6 Å². The second-order valence-corrected chi connectivity index (χ2v) is 7.20. The molecule has 1 aliphatic heterocycles. The molecule has 0 aliphatic carbocycles. The Kier molecular flexibility index (Phi) is 8.04. The van der Waals surface area contributed by atoms with E-state index in [9.17, 15) is 27.6 Å². The number of carbonyl (C=O) groups excluding carboxylic acids is 3. The SMILES string of the molecule is CNC(=O)NC(=O)C(C)N1CCN(CC(=O)Nc2ccc(Cl)c(C(F)(F)F)c2)CC1. The van der Waals surface area contributed by atoms with E-state index in [4.69, 9.17) is 11.6 Å². The third kappa shape index (κ3) is 6.57. The van der Waals surface area contributed by atoms with Crippen molar-refractivity contribution in [2.75, 3.05) is 45.1 Å². The topological polar surface area (TPSA) is 93.8 Å². The molecule has 0 spiro atoms. The number of benzene rings is 1. The van der Waals surface area contributed by atoms with Gasteiger partial charge in [0.25, 0.3) is 0 Å². The van der Waals surface area contributed by atoms with Crippen LogP contribution in [0.4, 0.5) is 23.7 Å². The maximum Gasteiger partial charge on any atom is 0.417 e. The summed E-state index contributed by atoms with van der Waals surface area (Å²) in [6.45, 7) is 3.64. The van der Waals surface area contributed by atoms with Crippen molar-refractivity contribution in [2.24, 2.45) is 0 Å². The summed E-state index contributed by atoms with van der Waals surface area (Å²) in [6, 6.07) is 2.08. The average molecular weight is 450 g/mol. The number of amides is 4. The van der Waals surface area contributed by atoms with Gasteiger partial charge in [-0.2, -0.15) is 13.2 Å². The molecule has 1 unspecified atom stereocenters.